The van der Waals surface area contributed by atoms with Gasteiger partial charge in [0.15, 0.2) is 0 Å². The van der Waals surface area contributed by atoms with Crippen molar-refractivity contribution in [3.05, 3.63) is 0 Å². The molecule has 5 atom stereocenters. The fourth-order valence-electron chi connectivity index (χ4n) is 4.15. The molecule has 2 amide bonds. The summed E-state index contributed by atoms with van der Waals surface area (Å²) in [5.41, 5.74) is 0. The number of piperidine rings is 1. The Kier molecular flexibility index (Phi) is 2.36. The largest absolute Gasteiger partial charge is 0.393 e. The molecular weight excluding hydrogens is 232 g/mol. The summed E-state index contributed by atoms with van der Waals surface area (Å²) in [5, 5.41) is 12.9. The maximum absolute atomic E-state index is 12.3. The summed E-state index contributed by atoms with van der Waals surface area (Å²) in [4.78, 5) is 14.3. The van der Waals surface area contributed by atoms with Gasteiger partial charge in [-0.2, -0.15) is 0 Å². The average molecular weight is 252 g/mol. The van der Waals surface area contributed by atoms with Crippen LogP contribution in [0.4, 0.5) is 4.79 Å². The molecule has 2 N–H and O–H groups in total. The van der Waals surface area contributed by atoms with Crippen LogP contribution < -0.4 is 5.32 Å². The van der Waals surface area contributed by atoms with Crippen LogP contribution in [0.15, 0.2) is 0 Å². The Morgan fingerprint density at radius 2 is 1.78 bits per heavy atom. The van der Waals surface area contributed by atoms with Crippen LogP contribution in [-0.2, 0) is 4.74 Å². The molecule has 5 nitrogen and oxygen atoms in total. The zero-order valence-corrected chi connectivity index (χ0v) is 10.4. The molecular formula is C13H20N2O3. The molecule has 18 heavy (non-hydrogen) atoms. The number of nitrogens with zero attached hydrogens (tertiary/aromatic N) is 1. The number of aliphatic hydroxyl groups excluding tert-OH is 1. The summed E-state index contributed by atoms with van der Waals surface area (Å²) in [6.45, 7) is 1.61. The van der Waals surface area contributed by atoms with Crippen LogP contribution in [0, 0.1) is 11.8 Å². The lowest BCUT2D eigenvalue weighted by molar-refractivity contribution is 0.0534. The van der Waals surface area contributed by atoms with Crippen molar-refractivity contribution in [3.8, 4) is 0 Å². The highest BCUT2D eigenvalue weighted by molar-refractivity contribution is 5.76. The van der Waals surface area contributed by atoms with Gasteiger partial charge in [-0.1, -0.05) is 0 Å². The lowest BCUT2D eigenvalue weighted by Crippen LogP contribution is -2.52. The van der Waals surface area contributed by atoms with E-state index in [4.69, 9.17) is 4.74 Å². The predicted octanol–water partition coefficient (Wildman–Crippen LogP) is 0.328. The Morgan fingerprint density at radius 3 is 2.39 bits per heavy atom. The smallest absolute Gasteiger partial charge is 0.318 e. The number of ether oxygens (including phenoxy) is 1. The van der Waals surface area contributed by atoms with Crippen LogP contribution in [0.1, 0.15) is 25.7 Å². The molecule has 5 heteroatoms. The lowest BCUT2D eigenvalue weighted by Gasteiger charge is -2.37. The number of fused-ring (bicyclic) bond motifs is 3. The van der Waals surface area contributed by atoms with Crippen LogP contribution in [0.25, 0.3) is 0 Å². The average Bonchev–Trinajstić information content (AvgIpc) is 2.73. The number of nitrogens with one attached hydrogen (secondary N) is 1. The van der Waals surface area contributed by atoms with E-state index in [1.807, 2.05) is 4.90 Å². The molecule has 3 saturated heterocycles. The lowest BCUT2D eigenvalue weighted by atomic mass is 10.0. The van der Waals surface area contributed by atoms with Gasteiger partial charge in [0.2, 0.25) is 0 Å². The molecule has 4 aliphatic rings. The van der Waals surface area contributed by atoms with E-state index < -0.39 is 0 Å². The second-order valence-corrected chi connectivity index (χ2v) is 6.26. The van der Waals surface area contributed by atoms with Gasteiger partial charge in [-0.05, 0) is 25.7 Å². The van der Waals surface area contributed by atoms with Crippen molar-refractivity contribution in [3.63, 3.8) is 0 Å². The Hall–Kier alpha value is -0.810. The molecule has 0 aromatic rings. The quantitative estimate of drug-likeness (QED) is 0.707. The van der Waals surface area contributed by atoms with E-state index in [1.165, 1.54) is 0 Å². The Bertz CT molecular complexity index is 351. The number of rotatable bonds is 1. The molecule has 3 aliphatic heterocycles. The Labute approximate surface area is 106 Å². The highest BCUT2D eigenvalue weighted by Crippen LogP contribution is 2.44. The van der Waals surface area contributed by atoms with Crippen LogP contribution in [-0.4, -0.2) is 53.5 Å². The van der Waals surface area contributed by atoms with E-state index in [1.54, 1.807) is 0 Å². The van der Waals surface area contributed by atoms with Gasteiger partial charge in [-0.15, -0.1) is 0 Å². The standard InChI is InChI=1S/C13H20N2O3/c16-9-3-7-1-2-8(4-9)15(7)13(17)14-12-10-5-18-6-11(10)12/h7-12,16H,1-6H2,(H,14,17)/t7?,8?,9?,10-,11+,12?. The van der Waals surface area contributed by atoms with Gasteiger partial charge >= 0.3 is 6.03 Å². The number of carbonyl (C=O) groups is 1. The molecule has 0 aromatic carbocycles. The second kappa shape index (κ2) is 3.84. The van der Waals surface area contributed by atoms with Crippen LogP contribution in [0.2, 0.25) is 0 Å². The van der Waals surface area contributed by atoms with Crippen molar-refractivity contribution in [2.45, 2.75) is 49.9 Å². The summed E-state index contributed by atoms with van der Waals surface area (Å²) in [6, 6.07) is 0.952. The summed E-state index contributed by atoms with van der Waals surface area (Å²) in [5.74, 6) is 1.11. The minimum absolute atomic E-state index is 0.0915. The Morgan fingerprint density at radius 1 is 1.17 bits per heavy atom. The summed E-state index contributed by atoms with van der Waals surface area (Å²) in [6.07, 6.45) is 3.40. The van der Waals surface area contributed by atoms with Crippen molar-refractivity contribution < 1.29 is 14.6 Å². The van der Waals surface area contributed by atoms with Crippen molar-refractivity contribution >= 4 is 6.03 Å². The van der Waals surface area contributed by atoms with Gasteiger partial charge in [-0.25, -0.2) is 4.79 Å². The highest BCUT2D eigenvalue weighted by atomic mass is 16.5. The SMILES string of the molecule is O=C(NC1[C@H]2COC[C@@H]12)N1C2CCC1CC(O)C2. The van der Waals surface area contributed by atoms with Crippen molar-refractivity contribution in [2.24, 2.45) is 11.8 Å². The monoisotopic (exact) mass is 252 g/mol. The van der Waals surface area contributed by atoms with Gasteiger partial charge in [0, 0.05) is 30.0 Å². The molecule has 1 saturated carbocycles. The molecule has 100 valence electrons. The fraction of sp³-hybridized carbons (Fsp3) is 0.923. The van der Waals surface area contributed by atoms with E-state index in [-0.39, 0.29) is 24.2 Å². The van der Waals surface area contributed by atoms with Crippen molar-refractivity contribution in [2.75, 3.05) is 13.2 Å². The zero-order chi connectivity index (χ0) is 12.3. The fourth-order valence-corrected chi connectivity index (χ4v) is 4.15. The second-order valence-electron chi connectivity index (χ2n) is 6.26. The van der Waals surface area contributed by atoms with Gasteiger partial charge in [0.25, 0.3) is 0 Å². The third kappa shape index (κ3) is 1.57. The number of hydrogen-bond acceptors (Lipinski definition) is 3. The normalized spacial score (nSPS) is 49.1. The first kappa shape index (κ1) is 11.1. The predicted molar refractivity (Wildman–Crippen MR) is 64.0 cm³/mol. The Balaban J connectivity index is 1.40. The molecule has 4 fully saturated rings. The molecule has 3 heterocycles. The van der Waals surface area contributed by atoms with Gasteiger partial charge in [-0.3, -0.25) is 0 Å². The molecule has 1 aliphatic carbocycles. The van der Waals surface area contributed by atoms with E-state index >= 15 is 0 Å². The van der Waals surface area contributed by atoms with Crippen molar-refractivity contribution in [1.82, 2.24) is 10.2 Å². The number of aliphatic hydroxyl groups is 1. The zero-order valence-electron chi connectivity index (χ0n) is 10.4. The summed E-state index contributed by atoms with van der Waals surface area (Å²) in [7, 11) is 0. The molecule has 4 rings (SSSR count). The minimum atomic E-state index is -0.208. The maximum Gasteiger partial charge on any atom is 0.318 e. The molecule has 3 unspecified atom stereocenters. The van der Waals surface area contributed by atoms with Crippen LogP contribution in [0.3, 0.4) is 0 Å². The van der Waals surface area contributed by atoms with Gasteiger partial charge < -0.3 is 20.1 Å². The minimum Gasteiger partial charge on any atom is -0.393 e. The summed E-state index contributed by atoms with van der Waals surface area (Å²) >= 11 is 0. The van der Waals surface area contributed by atoms with E-state index in [0.717, 1.165) is 38.9 Å². The van der Waals surface area contributed by atoms with E-state index in [9.17, 15) is 9.90 Å². The third-order valence-corrected chi connectivity index (χ3v) is 5.19. The van der Waals surface area contributed by atoms with E-state index in [0.29, 0.717) is 17.9 Å². The first-order valence-corrected chi connectivity index (χ1v) is 7.08. The molecule has 0 aromatic heterocycles. The maximum atomic E-state index is 12.3. The number of carbonyl (C=O) groups excluding carboxylic acids is 1. The molecule has 2 bridgehead atoms. The van der Waals surface area contributed by atoms with Crippen LogP contribution >= 0.6 is 0 Å². The number of amides is 2. The first-order chi connectivity index (χ1) is 8.74. The molecule has 0 radical (unpaired) electrons. The highest BCUT2D eigenvalue weighted by Gasteiger charge is 2.56. The number of urea groups is 1. The van der Waals surface area contributed by atoms with Gasteiger partial charge in [0.1, 0.15) is 0 Å². The summed E-state index contributed by atoms with van der Waals surface area (Å²) < 4.78 is 5.33. The van der Waals surface area contributed by atoms with Crippen molar-refractivity contribution in [1.29, 1.82) is 0 Å². The number of hydrogen-bond donors (Lipinski definition) is 2. The first-order valence-electron chi connectivity index (χ1n) is 7.08. The topological polar surface area (TPSA) is 61.8 Å². The molecule has 0 spiro atoms. The van der Waals surface area contributed by atoms with Gasteiger partial charge in [0.05, 0.1) is 19.3 Å². The van der Waals surface area contributed by atoms with E-state index in [2.05, 4.69) is 5.32 Å². The van der Waals surface area contributed by atoms with Crippen LogP contribution in [0.5, 0.6) is 0 Å². The third-order valence-electron chi connectivity index (χ3n) is 5.19.